The Bertz CT molecular complexity index is 527. The van der Waals surface area contributed by atoms with Gasteiger partial charge >= 0.3 is 0 Å². The highest BCUT2D eigenvalue weighted by Gasteiger charge is 2.23. The van der Waals surface area contributed by atoms with E-state index in [0.29, 0.717) is 17.0 Å². The van der Waals surface area contributed by atoms with Crippen molar-refractivity contribution < 1.29 is 18.3 Å². The van der Waals surface area contributed by atoms with Gasteiger partial charge < -0.3 is 5.11 Å². The van der Waals surface area contributed by atoms with Crippen LogP contribution >= 0.6 is 11.3 Å². The number of aryl methyl sites for hydroxylation is 1. The quantitative estimate of drug-likeness (QED) is 0.873. The molecule has 0 aliphatic heterocycles. The Hall–Kier alpha value is -1.33. The molecule has 0 radical (unpaired) electrons. The standard InChI is InChI=1S/C12H9F3OS/c1-6-2-3-17-12(6)11(16)10-8(14)4-7(13)5-9(10)15/h2-5,11,16H,1H3. The maximum atomic E-state index is 13.4. The van der Waals surface area contributed by atoms with Gasteiger partial charge in [0.2, 0.25) is 0 Å². The summed E-state index contributed by atoms with van der Waals surface area (Å²) in [6.45, 7) is 1.73. The summed E-state index contributed by atoms with van der Waals surface area (Å²) < 4.78 is 39.6. The highest BCUT2D eigenvalue weighted by molar-refractivity contribution is 7.10. The molecule has 0 aliphatic carbocycles. The van der Waals surface area contributed by atoms with Crippen molar-refractivity contribution in [3.63, 3.8) is 0 Å². The third-order valence-corrected chi connectivity index (χ3v) is 3.54. The van der Waals surface area contributed by atoms with Gasteiger partial charge in [0, 0.05) is 17.0 Å². The van der Waals surface area contributed by atoms with Crippen LogP contribution in [0, 0.1) is 24.4 Å². The maximum absolute atomic E-state index is 13.4. The molecular formula is C12H9F3OS. The van der Waals surface area contributed by atoms with Crippen molar-refractivity contribution in [1.82, 2.24) is 0 Å². The Morgan fingerprint density at radius 1 is 1.18 bits per heavy atom. The minimum Gasteiger partial charge on any atom is -0.383 e. The maximum Gasteiger partial charge on any atom is 0.135 e. The van der Waals surface area contributed by atoms with Crippen LogP contribution in [0.4, 0.5) is 13.2 Å². The molecule has 1 heterocycles. The number of thiophene rings is 1. The van der Waals surface area contributed by atoms with E-state index in [2.05, 4.69) is 0 Å². The number of aliphatic hydroxyl groups is 1. The second-order valence-corrected chi connectivity index (χ2v) is 4.60. The number of hydrogen-bond acceptors (Lipinski definition) is 2. The van der Waals surface area contributed by atoms with Crippen molar-refractivity contribution in [2.45, 2.75) is 13.0 Å². The van der Waals surface area contributed by atoms with Crippen LogP contribution in [0.5, 0.6) is 0 Å². The van der Waals surface area contributed by atoms with E-state index < -0.39 is 29.1 Å². The monoisotopic (exact) mass is 258 g/mol. The summed E-state index contributed by atoms with van der Waals surface area (Å²) in [4.78, 5) is 0.453. The Balaban J connectivity index is 2.51. The van der Waals surface area contributed by atoms with Gasteiger partial charge in [-0.15, -0.1) is 11.3 Å². The van der Waals surface area contributed by atoms with Gasteiger partial charge in [0.15, 0.2) is 0 Å². The summed E-state index contributed by atoms with van der Waals surface area (Å²) in [6, 6.07) is 2.86. The Morgan fingerprint density at radius 3 is 2.24 bits per heavy atom. The molecule has 17 heavy (non-hydrogen) atoms. The van der Waals surface area contributed by atoms with Crippen LogP contribution < -0.4 is 0 Å². The average molecular weight is 258 g/mol. The lowest BCUT2D eigenvalue weighted by molar-refractivity contribution is 0.211. The summed E-state index contributed by atoms with van der Waals surface area (Å²) in [5, 5.41) is 11.6. The van der Waals surface area contributed by atoms with Crippen molar-refractivity contribution in [2.24, 2.45) is 0 Å². The Kier molecular flexibility index (Phi) is 3.22. The predicted octanol–water partition coefficient (Wildman–Crippen LogP) is 3.56. The van der Waals surface area contributed by atoms with E-state index in [-0.39, 0.29) is 0 Å². The number of halogens is 3. The fraction of sp³-hybridized carbons (Fsp3) is 0.167. The lowest BCUT2D eigenvalue weighted by Gasteiger charge is -2.12. The third kappa shape index (κ3) is 2.21. The summed E-state index contributed by atoms with van der Waals surface area (Å²) >= 11 is 1.20. The summed E-state index contributed by atoms with van der Waals surface area (Å²) in [5.41, 5.74) is 0.225. The molecule has 0 aliphatic rings. The van der Waals surface area contributed by atoms with Gasteiger partial charge in [-0.1, -0.05) is 0 Å². The fourth-order valence-corrected chi connectivity index (χ4v) is 2.53. The predicted molar refractivity (Wildman–Crippen MR) is 59.4 cm³/mol. The molecule has 1 unspecified atom stereocenters. The number of hydrogen-bond donors (Lipinski definition) is 1. The smallest absolute Gasteiger partial charge is 0.135 e. The first-order chi connectivity index (χ1) is 8.00. The molecule has 1 aromatic carbocycles. The summed E-state index contributed by atoms with van der Waals surface area (Å²) in [6.07, 6.45) is -1.41. The van der Waals surface area contributed by atoms with Crippen molar-refractivity contribution in [2.75, 3.05) is 0 Å². The van der Waals surface area contributed by atoms with Crippen molar-refractivity contribution in [3.8, 4) is 0 Å². The minimum atomic E-state index is -1.41. The number of rotatable bonds is 2. The van der Waals surface area contributed by atoms with Crippen molar-refractivity contribution in [3.05, 3.63) is 57.0 Å². The number of benzene rings is 1. The van der Waals surface area contributed by atoms with E-state index in [0.717, 1.165) is 5.56 Å². The molecule has 0 fully saturated rings. The first-order valence-electron chi connectivity index (χ1n) is 4.87. The lowest BCUT2D eigenvalue weighted by atomic mass is 10.0. The molecule has 0 saturated heterocycles. The van der Waals surface area contributed by atoms with E-state index >= 15 is 0 Å². The second kappa shape index (κ2) is 4.50. The Labute approximate surface area is 100 Å². The molecule has 2 rings (SSSR count). The highest BCUT2D eigenvalue weighted by atomic mass is 32.1. The normalized spacial score (nSPS) is 12.8. The molecule has 0 bridgehead atoms. The van der Waals surface area contributed by atoms with Crippen LogP contribution in [0.3, 0.4) is 0 Å². The van der Waals surface area contributed by atoms with Gasteiger partial charge in [-0.25, -0.2) is 13.2 Å². The van der Waals surface area contributed by atoms with Gasteiger partial charge in [-0.3, -0.25) is 0 Å². The van der Waals surface area contributed by atoms with Gasteiger partial charge in [0.25, 0.3) is 0 Å². The van der Waals surface area contributed by atoms with E-state index in [9.17, 15) is 18.3 Å². The molecule has 0 saturated carbocycles. The molecule has 5 heteroatoms. The first kappa shape index (κ1) is 12.1. The van der Waals surface area contributed by atoms with E-state index in [4.69, 9.17) is 0 Å². The zero-order chi connectivity index (χ0) is 12.6. The van der Waals surface area contributed by atoms with Gasteiger partial charge in [-0.05, 0) is 23.9 Å². The van der Waals surface area contributed by atoms with E-state index in [1.165, 1.54) is 11.3 Å². The highest BCUT2D eigenvalue weighted by Crippen LogP contribution is 2.32. The van der Waals surface area contributed by atoms with Crippen LogP contribution in [0.1, 0.15) is 22.1 Å². The molecule has 1 N–H and O–H groups in total. The SMILES string of the molecule is Cc1ccsc1C(O)c1c(F)cc(F)cc1F. The van der Waals surface area contributed by atoms with Gasteiger partial charge in [0.1, 0.15) is 23.6 Å². The zero-order valence-electron chi connectivity index (χ0n) is 8.88. The van der Waals surface area contributed by atoms with Crippen LogP contribution in [0.2, 0.25) is 0 Å². The first-order valence-corrected chi connectivity index (χ1v) is 5.75. The molecule has 1 nitrogen and oxygen atoms in total. The Morgan fingerprint density at radius 2 is 1.76 bits per heavy atom. The van der Waals surface area contributed by atoms with Crippen LogP contribution in [-0.4, -0.2) is 5.11 Å². The van der Waals surface area contributed by atoms with Crippen molar-refractivity contribution >= 4 is 11.3 Å². The van der Waals surface area contributed by atoms with E-state index in [1.807, 2.05) is 0 Å². The number of aliphatic hydroxyl groups excluding tert-OH is 1. The van der Waals surface area contributed by atoms with Crippen LogP contribution in [0.15, 0.2) is 23.6 Å². The minimum absolute atomic E-state index is 0.453. The molecule has 1 aromatic heterocycles. The average Bonchev–Trinajstić information content (AvgIpc) is 2.62. The van der Waals surface area contributed by atoms with Crippen LogP contribution in [-0.2, 0) is 0 Å². The van der Waals surface area contributed by atoms with Crippen LogP contribution in [0.25, 0.3) is 0 Å². The summed E-state index contributed by atoms with van der Waals surface area (Å²) in [5.74, 6) is -3.16. The summed E-state index contributed by atoms with van der Waals surface area (Å²) in [7, 11) is 0. The zero-order valence-corrected chi connectivity index (χ0v) is 9.69. The van der Waals surface area contributed by atoms with Crippen molar-refractivity contribution in [1.29, 1.82) is 0 Å². The molecule has 0 amide bonds. The lowest BCUT2D eigenvalue weighted by Crippen LogP contribution is -2.06. The molecule has 0 spiro atoms. The van der Waals surface area contributed by atoms with Gasteiger partial charge in [0.05, 0.1) is 5.56 Å². The largest absolute Gasteiger partial charge is 0.383 e. The topological polar surface area (TPSA) is 20.2 Å². The second-order valence-electron chi connectivity index (χ2n) is 3.65. The van der Waals surface area contributed by atoms with Gasteiger partial charge in [-0.2, -0.15) is 0 Å². The molecular weight excluding hydrogens is 249 g/mol. The third-order valence-electron chi connectivity index (χ3n) is 2.47. The van der Waals surface area contributed by atoms with E-state index in [1.54, 1.807) is 18.4 Å². The molecule has 90 valence electrons. The molecule has 2 aromatic rings. The fourth-order valence-electron chi connectivity index (χ4n) is 1.61. The molecule has 1 atom stereocenters.